The smallest absolute Gasteiger partial charge is 0.331 e. The van der Waals surface area contributed by atoms with Crippen LogP contribution in [-0.4, -0.2) is 33.5 Å². The molecule has 1 atom stereocenters. The summed E-state index contributed by atoms with van der Waals surface area (Å²) in [4.78, 5) is 49.4. The lowest BCUT2D eigenvalue weighted by Gasteiger charge is -2.10. The Labute approximate surface area is 161 Å². The number of ether oxygens (including phenoxy) is 1. The number of rotatable bonds is 7. The van der Waals surface area contributed by atoms with Crippen LogP contribution in [0.3, 0.4) is 0 Å². The highest BCUT2D eigenvalue weighted by atomic mass is 16.6. The molecule has 2 rings (SSSR count). The van der Waals surface area contributed by atoms with Crippen LogP contribution in [0.25, 0.3) is 6.08 Å². The Hall–Kier alpha value is -3.55. The van der Waals surface area contributed by atoms with Crippen molar-refractivity contribution in [2.45, 2.75) is 33.8 Å². The molecule has 0 bridgehead atoms. The van der Waals surface area contributed by atoms with E-state index in [1.54, 1.807) is 19.9 Å². The highest BCUT2D eigenvalue weighted by Crippen LogP contribution is 2.20. The van der Waals surface area contributed by atoms with Crippen molar-refractivity contribution in [1.29, 1.82) is 0 Å². The SMILES string of the molecule is CC(=O)c1c(C)[nH]c(C(=O)[C@H](C)OC(=O)/C=C/c2cccc([N+](=O)[O-])c2)c1C. The van der Waals surface area contributed by atoms with Crippen LogP contribution in [0, 0.1) is 24.0 Å². The summed E-state index contributed by atoms with van der Waals surface area (Å²) in [5.74, 6) is -1.37. The number of Topliss-reactive ketones (excluding diaryl/α,β-unsaturated/α-hetero) is 2. The van der Waals surface area contributed by atoms with Gasteiger partial charge in [-0.05, 0) is 44.9 Å². The molecule has 1 heterocycles. The van der Waals surface area contributed by atoms with Gasteiger partial charge in [0, 0.05) is 29.5 Å². The third-order valence-electron chi connectivity index (χ3n) is 4.19. The number of hydrogen-bond donors (Lipinski definition) is 1. The number of nitrogens with one attached hydrogen (secondary N) is 1. The van der Waals surface area contributed by atoms with Crippen molar-refractivity contribution in [2.75, 3.05) is 0 Å². The van der Waals surface area contributed by atoms with Crippen molar-refractivity contribution < 1.29 is 24.0 Å². The molecule has 0 spiro atoms. The summed E-state index contributed by atoms with van der Waals surface area (Å²) in [6, 6.07) is 5.75. The lowest BCUT2D eigenvalue weighted by atomic mass is 10.0. The summed E-state index contributed by atoms with van der Waals surface area (Å²) in [6.07, 6.45) is 1.39. The molecule has 1 aromatic heterocycles. The molecule has 0 aliphatic rings. The summed E-state index contributed by atoms with van der Waals surface area (Å²) in [5.41, 5.74) is 2.13. The largest absolute Gasteiger partial charge is 0.451 e. The quantitative estimate of drug-likeness (QED) is 0.256. The molecule has 0 saturated carbocycles. The molecular weight excluding hydrogens is 364 g/mol. The Morgan fingerprint density at radius 3 is 2.50 bits per heavy atom. The fourth-order valence-corrected chi connectivity index (χ4v) is 2.90. The van der Waals surface area contributed by atoms with Crippen molar-refractivity contribution in [3.8, 4) is 0 Å². The van der Waals surface area contributed by atoms with Crippen LogP contribution in [0.2, 0.25) is 0 Å². The van der Waals surface area contributed by atoms with Gasteiger partial charge in [-0.25, -0.2) is 4.79 Å². The van der Waals surface area contributed by atoms with E-state index in [0.717, 1.165) is 6.08 Å². The zero-order chi connectivity index (χ0) is 21.0. The standard InChI is InChI=1S/C20H20N2O6/c1-11-18(13(3)23)12(2)21-19(11)20(25)14(4)28-17(24)9-8-15-6-5-7-16(10-15)22(26)27/h5-10,14,21H,1-4H3/b9-8+/t14-/m0/s1. The minimum atomic E-state index is -1.07. The van der Waals surface area contributed by atoms with E-state index < -0.39 is 22.8 Å². The van der Waals surface area contributed by atoms with E-state index in [-0.39, 0.29) is 17.2 Å². The lowest BCUT2D eigenvalue weighted by Crippen LogP contribution is -2.24. The number of ketones is 2. The molecule has 146 valence electrons. The number of aromatic amines is 1. The average molecular weight is 384 g/mol. The van der Waals surface area contributed by atoms with Gasteiger partial charge >= 0.3 is 5.97 Å². The van der Waals surface area contributed by atoms with E-state index >= 15 is 0 Å². The van der Waals surface area contributed by atoms with E-state index in [4.69, 9.17) is 4.74 Å². The van der Waals surface area contributed by atoms with Crippen molar-refractivity contribution >= 4 is 29.3 Å². The topological polar surface area (TPSA) is 119 Å². The Balaban J connectivity index is 2.09. The first-order valence-corrected chi connectivity index (χ1v) is 8.49. The van der Waals surface area contributed by atoms with Gasteiger partial charge in [-0.1, -0.05) is 12.1 Å². The number of nitro benzene ring substituents is 1. The number of hydrogen-bond acceptors (Lipinski definition) is 6. The molecule has 0 aliphatic carbocycles. The fourth-order valence-electron chi connectivity index (χ4n) is 2.90. The maximum absolute atomic E-state index is 12.6. The zero-order valence-electron chi connectivity index (χ0n) is 15.9. The molecule has 8 nitrogen and oxygen atoms in total. The molecule has 0 unspecified atom stereocenters. The van der Waals surface area contributed by atoms with Gasteiger partial charge in [-0.15, -0.1) is 0 Å². The van der Waals surface area contributed by atoms with Gasteiger partial charge in [0.1, 0.15) is 0 Å². The minimum Gasteiger partial charge on any atom is -0.451 e. The second-order valence-corrected chi connectivity index (χ2v) is 6.31. The van der Waals surface area contributed by atoms with E-state index in [9.17, 15) is 24.5 Å². The Kier molecular flexibility index (Phi) is 6.25. The molecule has 1 aromatic carbocycles. The van der Waals surface area contributed by atoms with Crippen molar-refractivity contribution in [3.63, 3.8) is 0 Å². The summed E-state index contributed by atoms with van der Waals surface area (Å²) in [5, 5.41) is 10.8. The van der Waals surface area contributed by atoms with Crippen molar-refractivity contribution in [2.24, 2.45) is 0 Å². The number of aromatic nitrogens is 1. The van der Waals surface area contributed by atoms with Gasteiger partial charge in [0.05, 0.1) is 10.6 Å². The van der Waals surface area contributed by atoms with E-state index in [2.05, 4.69) is 4.98 Å². The number of carbonyl (C=O) groups excluding carboxylic acids is 3. The van der Waals surface area contributed by atoms with E-state index in [1.807, 2.05) is 0 Å². The molecular formula is C20H20N2O6. The summed E-state index contributed by atoms with van der Waals surface area (Å²) in [6.45, 7) is 6.20. The van der Waals surface area contributed by atoms with Gasteiger partial charge in [0.15, 0.2) is 11.9 Å². The van der Waals surface area contributed by atoms with Gasteiger partial charge in [-0.3, -0.25) is 19.7 Å². The van der Waals surface area contributed by atoms with Crippen LogP contribution in [0.15, 0.2) is 30.3 Å². The number of carbonyl (C=O) groups is 3. The molecule has 2 aromatic rings. The molecule has 0 fully saturated rings. The van der Waals surface area contributed by atoms with Crippen molar-refractivity contribution in [3.05, 3.63) is 68.5 Å². The number of H-pyrrole nitrogens is 1. The van der Waals surface area contributed by atoms with E-state index in [0.29, 0.717) is 22.4 Å². The number of nitro groups is 1. The molecule has 1 N–H and O–H groups in total. The van der Waals surface area contributed by atoms with Crippen LogP contribution in [0.1, 0.15) is 51.5 Å². The fraction of sp³-hybridized carbons (Fsp3) is 0.250. The van der Waals surface area contributed by atoms with Crippen LogP contribution >= 0.6 is 0 Å². The Bertz CT molecular complexity index is 987. The number of benzene rings is 1. The molecule has 0 saturated heterocycles. The van der Waals surface area contributed by atoms with E-state index in [1.165, 1.54) is 38.1 Å². The predicted molar refractivity (Wildman–Crippen MR) is 102 cm³/mol. The summed E-state index contributed by atoms with van der Waals surface area (Å²) < 4.78 is 5.12. The molecule has 28 heavy (non-hydrogen) atoms. The van der Waals surface area contributed by atoms with Crippen LogP contribution in [-0.2, 0) is 9.53 Å². The van der Waals surface area contributed by atoms with Crippen molar-refractivity contribution in [1.82, 2.24) is 4.98 Å². The first-order chi connectivity index (χ1) is 13.1. The van der Waals surface area contributed by atoms with Gasteiger partial charge < -0.3 is 9.72 Å². The maximum Gasteiger partial charge on any atom is 0.331 e. The third-order valence-corrected chi connectivity index (χ3v) is 4.19. The highest BCUT2D eigenvalue weighted by molar-refractivity contribution is 6.05. The number of nitrogens with zero attached hydrogens (tertiary/aromatic N) is 1. The zero-order valence-corrected chi connectivity index (χ0v) is 15.9. The minimum absolute atomic E-state index is 0.0991. The van der Waals surface area contributed by atoms with Gasteiger partial charge in [0.25, 0.3) is 5.69 Å². The normalized spacial score (nSPS) is 12.0. The molecule has 0 aliphatic heterocycles. The van der Waals surface area contributed by atoms with Crippen LogP contribution < -0.4 is 0 Å². The number of esters is 1. The Morgan fingerprint density at radius 2 is 1.93 bits per heavy atom. The predicted octanol–water partition coefficient (Wildman–Crippen LogP) is 3.57. The van der Waals surface area contributed by atoms with Crippen LogP contribution in [0.4, 0.5) is 5.69 Å². The molecule has 8 heteroatoms. The second kappa shape index (κ2) is 8.43. The third kappa shape index (κ3) is 4.59. The second-order valence-electron chi connectivity index (χ2n) is 6.31. The monoisotopic (exact) mass is 384 g/mol. The lowest BCUT2D eigenvalue weighted by molar-refractivity contribution is -0.384. The van der Waals surface area contributed by atoms with Gasteiger partial charge in [-0.2, -0.15) is 0 Å². The number of non-ortho nitro benzene ring substituents is 1. The Morgan fingerprint density at radius 1 is 1.25 bits per heavy atom. The maximum atomic E-state index is 12.6. The summed E-state index contributed by atoms with van der Waals surface area (Å²) >= 11 is 0. The average Bonchev–Trinajstić information content (AvgIpc) is 2.93. The number of aryl methyl sites for hydroxylation is 1. The van der Waals surface area contributed by atoms with Gasteiger partial charge in [0.2, 0.25) is 5.78 Å². The molecule has 0 radical (unpaired) electrons. The highest BCUT2D eigenvalue weighted by Gasteiger charge is 2.25. The van der Waals surface area contributed by atoms with Crippen LogP contribution in [0.5, 0.6) is 0 Å². The first kappa shape index (κ1) is 20.8. The summed E-state index contributed by atoms with van der Waals surface area (Å²) in [7, 11) is 0. The first-order valence-electron chi connectivity index (χ1n) is 8.49. The molecule has 0 amide bonds.